The maximum Gasteiger partial charge on any atom is 0.240 e. The van der Waals surface area contributed by atoms with Crippen LogP contribution in [0.2, 0.25) is 0 Å². The zero-order valence-corrected chi connectivity index (χ0v) is 14.6. The summed E-state index contributed by atoms with van der Waals surface area (Å²) in [7, 11) is 0. The molecule has 7 heteroatoms. The Hall–Kier alpha value is -1.47. The molecule has 7 nitrogen and oxygen atoms in total. The average molecular weight is 333 g/mol. The van der Waals surface area contributed by atoms with Crippen molar-refractivity contribution in [2.75, 3.05) is 39.3 Å². The van der Waals surface area contributed by atoms with Gasteiger partial charge in [0.15, 0.2) is 5.82 Å². The highest BCUT2D eigenvalue weighted by atomic mass is 16.5. The lowest BCUT2D eigenvalue weighted by atomic mass is 10.0. The van der Waals surface area contributed by atoms with Gasteiger partial charge in [-0.3, -0.25) is 14.6 Å². The number of nitrogens with zero attached hydrogens (tertiary/aromatic N) is 5. The summed E-state index contributed by atoms with van der Waals surface area (Å²) < 4.78 is 5.42. The molecule has 1 aliphatic carbocycles. The molecule has 3 heterocycles. The molecule has 3 fully saturated rings. The minimum absolute atomic E-state index is 0.193. The van der Waals surface area contributed by atoms with Crippen LogP contribution in [0.3, 0.4) is 0 Å². The third-order valence-corrected chi connectivity index (χ3v) is 5.66. The van der Waals surface area contributed by atoms with Crippen LogP contribution in [0.4, 0.5) is 0 Å². The van der Waals surface area contributed by atoms with Gasteiger partial charge in [0.05, 0.1) is 6.54 Å². The first-order chi connectivity index (χ1) is 11.6. The Balaban J connectivity index is 1.31. The highest BCUT2D eigenvalue weighted by Crippen LogP contribution is 2.38. The van der Waals surface area contributed by atoms with E-state index in [4.69, 9.17) is 4.52 Å². The van der Waals surface area contributed by atoms with Gasteiger partial charge in [-0.15, -0.1) is 0 Å². The second kappa shape index (κ2) is 6.44. The second-order valence-electron chi connectivity index (χ2n) is 7.60. The van der Waals surface area contributed by atoms with Gasteiger partial charge in [-0.25, -0.2) is 0 Å². The SMILES string of the molecule is CC(=O)N1CCN(C2CN(Cc3nc(C4CC4)no3)CC2C)CC1. The molecule has 0 radical (unpaired) electrons. The predicted molar refractivity (Wildman–Crippen MR) is 88.3 cm³/mol. The Morgan fingerprint density at radius 3 is 2.62 bits per heavy atom. The molecule has 24 heavy (non-hydrogen) atoms. The highest BCUT2D eigenvalue weighted by molar-refractivity contribution is 5.73. The van der Waals surface area contributed by atoms with Gasteiger partial charge in [0, 0.05) is 58.2 Å². The lowest BCUT2D eigenvalue weighted by Crippen LogP contribution is -2.53. The summed E-state index contributed by atoms with van der Waals surface area (Å²) in [5.74, 6) is 3.02. The maximum absolute atomic E-state index is 11.5. The predicted octanol–water partition coefficient (Wildman–Crippen LogP) is 0.931. The molecule has 3 aliphatic rings. The van der Waals surface area contributed by atoms with Crippen molar-refractivity contribution in [3.05, 3.63) is 11.7 Å². The van der Waals surface area contributed by atoms with Gasteiger partial charge in [-0.05, 0) is 18.8 Å². The molecule has 1 aromatic heterocycles. The first-order valence-corrected chi connectivity index (χ1v) is 9.14. The molecule has 132 valence electrons. The van der Waals surface area contributed by atoms with Crippen LogP contribution in [0.15, 0.2) is 4.52 Å². The summed E-state index contributed by atoms with van der Waals surface area (Å²) in [4.78, 5) is 23.0. The molecule has 0 N–H and O–H groups in total. The Kier molecular flexibility index (Phi) is 4.30. The molecule has 0 bridgehead atoms. The van der Waals surface area contributed by atoms with Gasteiger partial charge >= 0.3 is 0 Å². The minimum atomic E-state index is 0.193. The normalized spacial score (nSPS) is 29.3. The molecular weight excluding hydrogens is 306 g/mol. The second-order valence-corrected chi connectivity index (χ2v) is 7.60. The van der Waals surface area contributed by atoms with Crippen molar-refractivity contribution in [2.24, 2.45) is 5.92 Å². The summed E-state index contributed by atoms with van der Waals surface area (Å²) >= 11 is 0. The largest absolute Gasteiger partial charge is 0.340 e. The van der Waals surface area contributed by atoms with Crippen LogP contribution in [-0.4, -0.2) is 76.1 Å². The number of hydrogen-bond acceptors (Lipinski definition) is 6. The van der Waals surface area contributed by atoms with Crippen LogP contribution in [0.5, 0.6) is 0 Å². The van der Waals surface area contributed by atoms with E-state index in [-0.39, 0.29) is 5.91 Å². The fourth-order valence-corrected chi connectivity index (χ4v) is 4.05. The third kappa shape index (κ3) is 3.32. The van der Waals surface area contributed by atoms with E-state index in [0.717, 1.165) is 57.5 Å². The Labute approximate surface area is 143 Å². The van der Waals surface area contributed by atoms with Crippen molar-refractivity contribution in [3.8, 4) is 0 Å². The molecule has 1 saturated carbocycles. The minimum Gasteiger partial charge on any atom is -0.340 e. The van der Waals surface area contributed by atoms with Crippen LogP contribution in [0.1, 0.15) is 44.3 Å². The number of carbonyl (C=O) groups is 1. The van der Waals surface area contributed by atoms with Crippen LogP contribution in [0.25, 0.3) is 0 Å². The topological polar surface area (TPSA) is 65.7 Å². The van der Waals surface area contributed by atoms with E-state index in [0.29, 0.717) is 17.9 Å². The molecule has 0 spiro atoms. The van der Waals surface area contributed by atoms with Crippen LogP contribution >= 0.6 is 0 Å². The quantitative estimate of drug-likeness (QED) is 0.817. The molecule has 2 aliphatic heterocycles. The number of piperazine rings is 1. The Bertz CT molecular complexity index is 592. The van der Waals surface area contributed by atoms with E-state index in [1.807, 2.05) is 4.90 Å². The van der Waals surface area contributed by atoms with Crippen molar-refractivity contribution in [3.63, 3.8) is 0 Å². The summed E-state index contributed by atoms with van der Waals surface area (Å²) in [6.45, 7) is 10.5. The standard InChI is InChI=1S/C17H27N5O2/c1-12-9-20(11-16-18-17(19-24-16)14-3-4-14)10-15(12)22-7-5-21(6-8-22)13(2)23/h12,14-15H,3-11H2,1-2H3. The van der Waals surface area contributed by atoms with Crippen molar-refractivity contribution < 1.29 is 9.32 Å². The Morgan fingerprint density at radius 1 is 1.21 bits per heavy atom. The van der Waals surface area contributed by atoms with Gasteiger partial charge < -0.3 is 9.42 Å². The zero-order valence-electron chi connectivity index (χ0n) is 14.6. The smallest absolute Gasteiger partial charge is 0.240 e. The highest BCUT2D eigenvalue weighted by Gasteiger charge is 2.36. The first-order valence-electron chi connectivity index (χ1n) is 9.14. The van der Waals surface area contributed by atoms with Crippen LogP contribution in [-0.2, 0) is 11.3 Å². The number of hydrogen-bond donors (Lipinski definition) is 0. The molecule has 2 atom stereocenters. The third-order valence-electron chi connectivity index (χ3n) is 5.66. The fourth-order valence-electron chi connectivity index (χ4n) is 4.05. The van der Waals surface area contributed by atoms with E-state index >= 15 is 0 Å². The van der Waals surface area contributed by atoms with Gasteiger partial charge in [-0.1, -0.05) is 12.1 Å². The van der Waals surface area contributed by atoms with Gasteiger partial charge in [-0.2, -0.15) is 4.98 Å². The fraction of sp³-hybridized carbons (Fsp3) is 0.824. The lowest BCUT2D eigenvalue weighted by molar-refractivity contribution is -0.130. The first kappa shape index (κ1) is 16.0. The molecule has 0 aromatic carbocycles. The number of amides is 1. The monoisotopic (exact) mass is 333 g/mol. The van der Waals surface area contributed by atoms with Crippen molar-refractivity contribution in [1.29, 1.82) is 0 Å². The molecule has 2 unspecified atom stereocenters. The Morgan fingerprint density at radius 2 is 1.96 bits per heavy atom. The molecule has 1 aromatic rings. The van der Waals surface area contributed by atoms with Crippen molar-refractivity contribution >= 4 is 5.91 Å². The number of likely N-dealkylation sites (tertiary alicyclic amines) is 1. The van der Waals surface area contributed by atoms with E-state index < -0.39 is 0 Å². The van der Waals surface area contributed by atoms with Gasteiger partial charge in [0.2, 0.25) is 11.8 Å². The lowest BCUT2D eigenvalue weighted by Gasteiger charge is -2.39. The summed E-state index contributed by atoms with van der Waals surface area (Å²) in [6, 6.07) is 0.560. The average Bonchev–Trinajstić information content (AvgIpc) is 3.21. The summed E-state index contributed by atoms with van der Waals surface area (Å²) in [6.07, 6.45) is 2.40. The van der Waals surface area contributed by atoms with E-state index in [9.17, 15) is 4.79 Å². The number of rotatable bonds is 4. The van der Waals surface area contributed by atoms with Crippen LogP contribution in [0, 0.1) is 5.92 Å². The number of aromatic nitrogens is 2. The van der Waals surface area contributed by atoms with Gasteiger partial charge in [0.1, 0.15) is 0 Å². The van der Waals surface area contributed by atoms with E-state index in [1.165, 1.54) is 12.8 Å². The maximum atomic E-state index is 11.5. The van der Waals surface area contributed by atoms with Crippen molar-refractivity contribution in [1.82, 2.24) is 24.8 Å². The van der Waals surface area contributed by atoms with Crippen LogP contribution < -0.4 is 0 Å². The van der Waals surface area contributed by atoms with Gasteiger partial charge in [0.25, 0.3) is 0 Å². The zero-order chi connectivity index (χ0) is 16.7. The van der Waals surface area contributed by atoms with E-state index in [2.05, 4.69) is 26.9 Å². The summed E-state index contributed by atoms with van der Waals surface area (Å²) in [5, 5.41) is 4.11. The summed E-state index contributed by atoms with van der Waals surface area (Å²) in [5.41, 5.74) is 0. The number of carbonyl (C=O) groups excluding carboxylic acids is 1. The van der Waals surface area contributed by atoms with Crippen molar-refractivity contribution in [2.45, 2.75) is 45.2 Å². The molecule has 1 amide bonds. The molecule has 4 rings (SSSR count). The molecular formula is C17H27N5O2. The molecule has 2 saturated heterocycles. The van der Waals surface area contributed by atoms with E-state index in [1.54, 1.807) is 6.92 Å².